The average molecular weight is 266 g/mol. The summed E-state index contributed by atoms with van der Waals surface area (Å²) in [6.07, 6.45) is 0.475. The normalized spacial score (nSPS) is 13.6. The van der Waals surface area contributed by atoms with Gasteiger partial charge in [0.2, 0.25) is 0 Å². The van der Waals surface area contributed by atoms with Crippen LogP contribution in [0.15, 0.2) is 18.2 Å². The molecule has 0 aromatic heterocycles. The Kier molecular flexibility index (Phi) is 4.47. The molecule has 0 radical (unpaired) electrons. The van der Waals surface area contributed by atoms with Crippen molar-refractivity contribution in [2.45, 2.75) is 27.2 Å². The Morgan fingerprint density at radius 3 is 2.63 bits per heavy atom. The molecule has 1 atom stereocenters. The molecule has 6 heteroatoms. The Morgan fingerprint density at radius 1 is 1.53 bits per heavy atom. The van der Waals surface area contributed by atoms with Gasteiger partial charge in [-0.2, -0.15) is 0 Å². The minimum absolute atomic E-state index is 0.0264. The zero-order valence-corrected chi connectivity index (χ0v) is 11.3. The maximum atomic E-state index is 11.2. The van der Waals surface area contributed by atoms with Gasteiger partial charge in [0, 0.05) is 23.9 Å². The van der Waals surface area contributed by atoms with Crippen molar-refractivity contribution in [1.29, 1.82) is 0 Å². The van der Waals surface area contributed by atoms with Crippen molar-refractivity contribution in [3.8, 4) is 0 Å². The monoisotopic (exact) mass is 266 g/mol. The molecule has 2 N–H and O–H groups in total. The highest BCUT2D eigenvalue weighted by Crippen LogP contribution is 2.25. The van der Waals surface area contributed by atoms with Crippen LogP contribution in [0.3, 0.4) is 0 Å². The van der Waals surface area contributed by atoms with E-state index in [-0.39, 0.29) is 12.2 Å². The second-order valence-corrected chi connectivity index (χ2v) is 4.83. The van der Waals surface area contributed by atoms with Gasteiger partial charge in [-0.3, -0.25) is 14.9 Å². The first-order valence-electron chi connectivity index (χ1n) is 6.02. The molecular formula is C13H18N2O4. The lowest BCUT2D eigenvalue weighted by molar-refractivity contribution is -0.385. The van der Waals surface area contributed by atoms with Crippen molar-refractivity contribution in [1.82, 2.24) is 0 Å². The summed E-state index contributed by atoms with van der Waals surface area (Å²) < 4.78 is 0. The van der Waals surface area contributed by atoms with Crippen molar-refractivity contribution in [3.63, 3.8) is 0 Å². The number of rotatable bonds is 6. The van der Waals surface area contributed by atoms with Gasteiger partial charge >= 0.3 is 5.97 Å². The highest BCUT2D eigenvalue weighted by molar-refractivity contribution is 5.75. The number of aryl methyl sites for hydroxylation is 1. The molecule has 0 amide bonds. The average Bonchev–Trinajstić information content (AvgIpc) is 2.36. The van der Waals surface area contributed by atoms with E-state index in [4.69, 9.17) is 5.11 Å². The van der Waals surface area contributed by atoms with Crippen molar-refractivity contribution in [3.05, 3.63) is 33.9 Å². The Hall–Kier alpha value is -2.11. The van der Waals surface area contributed by atoms with Crippen LogP contribution in [-0.2, 0) is 4.79 Å². The molecule has 0 aliphatic carbocycles. The molecular weight excluding hydrogens is 248 g/mol. The number of aliphatic carboxylic acids is 1. The van der Waals surface area contributed by atoms with Gasteiger partial charge in [0.15, 0.2) is 0 Å². The molecule has 0 spiro atoms. The summed E-state index contributed by atoms with van der Waals surface area (Å²) in [7, 11) is 0. The van der Waals surface area contributed by atoms with E-state index < -0.39 is 16.3 Å². The van der Waals surface area contributed by atoms with E-state index in [0.717, 1.165) is 0 Å². The van der Waals surface area contributed by atoms with Crippen molar-refractivity contribution < 1.29 is 14.8 Å². The van der Waals surface area contributed by atoms with Crippen LogP contribution in [0, 0.1) is 22.5 Å². The number of anilines is 1. The van der Waals surface area contributed by atoms with Gasteiger partial charge in [-0.05, 0) is 26.3 Å². The smallest absolute Gasteiger partial charge is 0.311 e. The molecule has 1 rings (SSSR count). The third-order valence-corrected chi connectivity index (χ3v) is 3.39. The predicted octanol–water partition coefficient (Wildman–Crippen LogP) is 2.82. The number of nitrogens with zero attached hydrogens (tertiary/aromatic N) is 1. The topological polar surface area (TPSA) is 92.5 Å². The number of carboxylic acid groups (broad SMARTS) is 1. The van der Waals surface area contributed by atoms with Crippen LogP contribution in [-0.4, -0.2) is 22.5 Å². The summed E-state index contributed by atoms with van der Waals surface area (Å²) in [6.45, 7) is 5.33. The number of nitro groups is 1. The molecule has 6 nitrogen and oxygen atoms in total. The first kappa shape index (κ1) is 14.9. The number of benzene rings is 1. The van der Waals surface area contributed by atoms with E-state index in [0.29, 0.717) is 17.7 Å². The summed E-state index contributed by atoms with van der Waals surface area (Å²) in [5, 5.41) is 22.9. The Labute approximate surface area is 111 Å². The van der Waals surface area contributed by atoms with E-state index in [2.05, 4.69) is 5.32 Å². The molecule has 1 aromatic rings. The predicted molar refractivity (Wildman–Crippen MR) is 72.4 cm³/mol. The number of carboxylic acids is 1. The van der Waals surface area contributed by atoms with Crippen LogP contribution in [0.25, 0.3) is 0 Å². The molecule has 1 unspecified atom stereocenters. The first-order valence-corrected chi connectivity index (χ1v) is 6.02. The van der Waals surface area contributed by atoms with E-state index >= 15 is 0 Å². The zero-order valence-electron chi connectivity index (χ0n) is 11.3. The largest absolute Gasteiger partial charge is 0.481 e. The maximum absolute atomic E-state index is 11.2. The quantitative estimate of drug-likeness (QED) is 0.610. The SMILES string of the molecule is CCC(C)(CNc1ccc(C)c([N+](=O)[O-])c1)C(=O)O. The Morgan fingerprint density at radius 2 is 2.16 bits per heavy atom. The molecule has 1 aromatic carbocycles. The second-order valence-electron chi connectivity index (χ2n) is 4.83. The molecule has 19 heavy (non-hydrogen) atoms. The van der Waals surface area contributed by atoms with Crippen molar-refractivity contribution in [2.24, 2.45) is 5.41 Å². The van der Waals surface area contributed by atoms with E-state index in [1.54, 1.807) is 32.9 Å². The molecule has 104 valence electrons. The number of nitro benzene ring substituents is 1. The highest BCUT2D eigenvalue weighted by Gasteiger charge is 2.30. The number of hydrogen-bond acceptors (Lipinski definition) is 4. The van der Waals surface area contributed by atoms with Crippen LogP contribution in [0.1, 0.15) is 25.8 Å². The van der Waals surface area contributed by atoms with Gasteiger partial charge in [0.25, 0.3) is 5.69 Å². The fraction of sp³-hybridized carbons (Fsp3) is 0.462. The fourth-order valence-corrected chi connectivity index (χ4v) is 1.57. The number of carbonyl (C=O) groups is 1. The van der Waals surface area contributed by atoms with Crippen LogP contribution in [0.4, 0.5) is 11.4 Å². The van der Waals surface area contributed by atoms with E-state index in [1.165, 1.54) is 6.07 Å². The van der Waals surface area contributed by atoms with Gasteiger partial charge in [-0.1, -0.05) is 13.0 Å². The summed E-state index contributed by atoms with van der Waals surface area (Å²) in [6, 6.07) is 4.78. The summed E-state index contributed by atoms with van der Waals surface area (Å²) in [5.41, 5.74) is 0.267. The summed E-state index contributed by atoms with van der Waals surface area (Å²) >= 11 is 0. The van der Waals surface area contributed by atoms with Gasteiger partial charge < -0.3 is 10.4 Å². The zero-order chi connectivity index (χ0) is 14.6. The molecule has 0 saturated heterocycles. The van der Waals surface area contributed by atoms with Gasteiger partial charge in [0.1, 0.15) is 0 Å². The highest BCUT2D eigenvalue weighted by atomic mass is 16.6. The summed E-state index contributed by atoms with van der Waals surface area (Å²) in [4.78, 5) is 21.5. The Bertz CT molecular complexity index is 501. The third kappa shape index (κ3) is 3.43. The molecule has 0 fully saturated rings. The lowest BCUT2D eigenvalue weighted by Crippen LogP contribution is -2.34. The number of hydrogen-bond donors (Lipinski definition) is 2. The van der Waals surface area contributed by atoms with Gasteiger partial charge in [-0.25, -0.2) is 0 Å². The molecule has 0 heterocycles. The standard InChI is InChI=1S/C13H18N2O4/c1-4-13(3,12(16)17)8-14-10-6-5-9(2)11(7-10)15(18)19/h5-7,14H,4,8H2,1-3H3,(H,16,17). The van der Waals surface area contributed by atoms with E-state index in [1.807, 2.05) is 0 Å². The van der Waals surface area contributed by atoms with Crippen LogP contribution in [0.5, 0.6) is 0 Å². The lowest BCUT2D eigenvalue weighted by Gasteiger charge is -2.23. The van der Waals surface area contributed by atoms with Crippen molar-refractivity contribution >= 4 is 17.3 Å². The molecule has 0 aliphatic rings. The minimum Gasteiger partial charge on any atom is -0.481 e. The molecule has 0 aliphatic heterocycles. The van der Waals surface area contributed by atoms with Crippen LogP contribution in [0.2, 0.25) is 0 Å². The van der Waals surface area contributed by atoms with Crippen molar-refractivity contribution in [2.75, 3.05) is 11.9 Å². The molecule has 0 bridgehead atoms. The Balaban J connectivity index is 2.87. The third-order valence-electron chi connectivity index (χ3n) is 3.39. The van der Waals surface area contributed by atoms with Gasteiger partial charge in [-0.15, -0.1) is 0 Å². The minimum atomic E-state index is -0.889. The van der Waals surface area contributed by atoms with E-state index in [9.17, 15) is 14.9 Å². The van der Waals surface area contributed by atoms with Gasteiger partial charge in [0.05, 0.1) is 10.3 Å². The van der Waals surface area contributed by atoms with Crippen LogP contribution < -0.4 is 5.32 Å². The summed E-state index contributed by atoms with van der Waals surface area (Å²) in [5.74, 6) is -0.885. The molecule has 0 saturated carbocycles. The maximum Gasteiger partial charge on any atom is 0.311 e. The fourth-order valence-electron chi connectivity index (χ4n) is 1.57. The second kappa shape index (κ2) is 5.69. The number of nitrogens with one attached hydrogen (secondary N) is 1. The first-order chi connectivity index (χ1) is 8.80. The van der Waals surface area contributed by atoms with Crippen LogP contribution >= 0.6 is 0 Å². The lowest BCUT2D eigenvalue weighted by atomic mass is 9.87.